The topological polar surface area (TPSA) is 61.4 Å². The number of hydrogen-bond acceptors (Lipinski definition) is 5. The van der Waals surface area contributed by atoms with Gasteiger partial charge in [-0.25, -0.2) is 4.98 Å². The molecule has 0 bridgehead atoms. The number of anilines is 2. The molecule has 0 unspecified atom stereocenters. The van der Waals surface area contributed by atoms with Gasteiger partial charge in [-0.15, -0.1) is 0 Å². The van der Waals surface area contributed by atoms with Crippen LogP contribution in [0.3, 0.4) is 0 Å². The van der Waals surface area contributed by atoms with E-state index < -0.39 is 0 Å². The van der Waals surface area contributed by atoms with Gasteiger partial charge in [-0.1, -0.05) is 29.8 Å². The highest BCUT2D eigenvalue weighted by atomic mass is 16.1. The Bertz CT molecular complexity index is 710. The van der Waals surface area contributed by atoms with Crippen molar-refractivity contribution in [1.29, 1.82) is 0 Å². The van der Waals surface area contributed by atoms with Crippen molar-refractivity contribution in [3.05, 3.63) is 47.2 Å². The molecule has 1 N–H and O–H groups in total. The van der Waals surface area contributed by atoms with E-state index in [1.54, 1.807) is 4.90 Å². The smallest absolute Gasteiger partial charge is 0.227 e. The molecule has 1 aliphatic heterocycles. The number of carbonyl (C=O) groups excluding carboxylic acids is 1. The molecular formula is C18H23N5O. The first-order valence-electron chi connectivity index (χ1n) is 8.23. The molecule has 1 aliphatic rings. The van der Waals surface area contributed by atoms with Gasteiger partial charge in [0, 0.05) is 44.5 Å². The number of aryl methyl sites for hydroxylation is 2. The van der Waals surface area contributed by atoms with Crippen molar-refractivity contribution in [1.82, 2.24) is 14.9 Å². The van der Waals surface area contributed by atoms with Crippen LogP contribution in [0.4, 0.5) is 11.8 Å². The Morgan fingerprint density at radius 2 is 1.92 bits per heavy atom. The number of hydrogen-bond donors (Lipinski definition) is 1. The lowest BCUT2D eigenvalue weighted by molar-refractivity contribution is -0.118. The standard InChI is InChI=1S/C18H23N5O/c1-14-4-3-5-16(10-14)12-19-17-11-15(2)20-18(21-17)23-8-6-22(13-24)7-9-23/h3-5,10-11,13H,6-9,12H2,1-2H3,(H,19,20,21). The highest BCUT2D eigenvalue weighted by Gasteiger charge is 2.18. The van der Waals surface area contributed by atoms with Crippen molar-refractivity contribution in [2.24, 2.45) is 0 Å². The third-order valence-corrected chi connectivity index (χ3v) is 4.14. The number of rotatable bonds is 5. The second-order valence-corrected chi connectivity index (χ2v) is 6.17. The van der Waals surface area contributed by atoms with Crippen LogP contribution in [0.2, 0.25) is 0 Å². The maximum atomic E-state index is 10.8. The van der Waals surface area contributed by atoms with Gasteiger partial charge in [-0.3, -0.25) is 4.79 Å². The normalized spacial score (nSPS) is 14.6. The number of nitrogens with zero attached hydrogens (tertiary/aromatic N) is 4. The lowest BCUT2D eigenvalue weighted by Gasteiger charge is -2.32. The Morgan fingerprint density at radius 3 is 2.62 bits per heavy atom. The predicted molar refractivity (Wildman–Crippen MR) is 95.1 cm³/mol. The summed E-state index contributed by atoms with van der Waals surface area (Å²) < 4.78 is 0. The third-order valence-electron chi connectivity index (χ3n) is 4.14. The van der Waals surface area contributed by atoms with Crippen LogP contribution in [0.5, 0.6) is 0 Å². The quantitative estimate of drug-likeness (QED) is 0.852. The molecular weight excluding hydrogens is 302 g/mol. The highest BCUT2D eigenvalue weighted by Crippen LogP contribution is 2.16. The summed E-state index contributed by atoms with van der Waals surface area (Å²) in [4.78, 5) is 23.9. The van der Waals surface area contributed by atoms with E-state index in [1.807, 2.05) is 13.0 Å². The summed E-state index contributed by atoms with van der Waals surface area (Å²) in [5.41, 5.74) is 3.42. The molecule has 1 fully saturated rings. The largest absolute Gasteiger partial charge is 0.366 e. The first-order valence-corrected chi connectivity index (χ1v) is 8.23. The van der Waals surface area contributed by atoms with E-state index in [0.29, 0.717) is 13.1 Å². The van der Waals surface area contributed by atoms with E-state index >= 15 is 0 Å². The average molecular weight is 325 g/mol. The summed E-state index contributed by atoms with van der Waals surface area (Å²) in [7, 11) is 0. The van der Waals surface area contributed by atoms with Crippen molar-refractivity contribution in [3.63, 3.8) is 0 Å². The number of nitrogens with one attached hydrogen (secondary N) is 1. The van der Waals surface area contributed by atoms with E-state index in [2.05, 4.69) is 51.4 Å². The summed E-state index contributed by atoms with van der Waals surface area (Å²) in [6.07, 6.45) is 0.906. The summed E-state index contributed by atoms with van der Waals surface area (Å²) >= 11 is 0. The van der Waals surface area contributed by atoms with Crippen LogP contribution in [-0.2, 0) is 11.3 Å². The van der Waals surface area contributed by atoms with Crippen molar-refractivity contribution in [2.75, 3.05) is 36.4 Å². The molecule has 1 saturated heterocycles. The molecule has 3 rings (SSSR count). The second kappa shape index (κ2) is 7.29. The fraction of sp³-hybridized carbons (Fsp3) is 0.389. The molecule has 6 heteroatoms. The monoisotopic (exact) mass is 325 g/mol. The number of aromatic nitrogens is 2. The number of benzene rings is 1. The molecule has 0 aliphatic carbocycles. The first-order chi connectivity index (χ1) is 11.6. The summed E-state index contributed by atoms with van der Waals surface area (Å²) in [6.45, 7) is 7.76. The van der Waals surface area contributed by atoms with Gasteiger partial charge in [-0.05, 0) is 19.4 Å². The van der Waals surface area contributed by atoms with Crippen LogP contribution in [0.25, 0.3) is 0 Å². The highest BCUT2D eigenvalue weighted by molar-refractivity contribution is 5.49. The minimum atomic E-state index is 0.715. The zero-order chi connectivity index (χ0) is 16.9. The first kappa shape index (κ1) is 16.2. The SMILES string of the molecule is Cc1cccc(CNc2cc(C)nc(N3CCN(C=O)CC3)n2)c1. The molecule has 24 heavy (non-hydrogen) atoms. The Labute approximate surface area is 142 Å². The molecule has 2 aromatic rings. The number of piperazine rings is 1. The second-order valence-electron chi connectivity index (χ2n) is 6.17. The summed E-state index contributed by atoms with van der Waals surface area (Å²) in [6, 6.07) is 10.4. The van der Waals surface area contributed by atoms with Crippen LogP contribution in [-0.4, -0.2) is 47.5 Å². The van der Waals surface area contributed by atoms with Gasteiger partial charge < -0.3 is 15.1 Å². The molecule has 1 aromatic carbocycles. The fourth-order valence-electron chi connectivity index (χ4n) is 2.83. The van der Waals surface area contributed by atoms with Gasteiger partial charge in [-0.2, -0.15) is 4.98 Å². The van der Waals surface area contributed by atoms with Crippen molar-refractivity contribution in [3.8, 4) is 0 Å². The molecule has 1 amide bonds. The van der Waals surface area contributed by atoms with Crippen LogP contribution in [0.15, 0.2) is 30.3 Å². The molecule has 0 atom stereocenters. The van der Waals surface area contributed by atoms with E-state index in [-0.39, 0.29) is 0 Å². The van der Waals surface area contributed by atoms with Crippen LogP contribution < -0.4 is 10.2 Å². The van der Waals surface area contributed by atoms with E-state index in [9.17, 15) is 4.79 Å². The zero-order valence-corrected chi connectivity index (χ0v) is 14.2. The minimum absolute atomic E-state index is 0.715. The molecule has 0 saturated carbocycles. The van der Waals surface area contributed by atoms with Crippen LogP contribution in [0.1, 0.15) is 16.8 Å². The van der Waals surface area contributed by atoms with Crippen molar-refractivity contribution >= 4 is 18.2 Å². The Hall–Kier alpha value is -2.63. The van der Waals surface area contributed by atoms with Crippen molar-refractivity contribution in [2.45, 2.75) is 20.4 Å². The van der Waals surface area contributed by atoms with Gasteiger partial charge in [0.05, 0.1) is 0 Å². The molecule has 126 valence electrons. The lowest BCUT2D eigenvalue weighted by atomic mass is 10.1. The lowest BCUT2D eigenvalue weighted by Crippen LogP contribution is -2.46. The van der Waals surface area contributed by atoms with Crippen molar-refractivity contribution < 1.29 is 4.79 Å². The Kier molecular flexibility index (Phi) is 4.93. The van der Waals surface area contributed by atoms with Gasteiger partial charge in [0.1, 0.15) is 5.82 Å². The molecule has 0 radical (unpaired) electrons. The van der Waals surface area contributed by atoms with Gasteiger partial charge >= 0.3 is 0 Å². The predicted octanol–water partition coefficient (Wildman–Crippen LogP) is 1.98. The minimum Gasteiger partial charge on any atom is -0.366 e. The molecule has 2 heterocycles. The maximum Gasteiger partial charge on any atom is 0.227 e. The van der Waals surface area contributed by atoms with E-state index in [1.165, 1.54) is 11.1 Å². The van der Waals surface area contributed by atoms with Gasteiger partial charge in [0.25, 0.3) is 0 Å². The summed E-state index contributed by atoms with van der Waals surface area (Å²) in [5.74, 6) is 1.56. The molecule has 0 spiro atoms. The number of carbonyl (C=O) groups is 1. The molecule has 1 aromatic heterocycles. The zero-order valence-electron chi connectivity index (χ0n) is 14.2. The maximum absolute atomic E-state index is 10.8. The average Bonchev–Trinajstić information content (AvgIpc) is 2.60. The van der Waals surface area contributed by atoms with Gasteiger partial charge in [0.15, 0.2) is 0 Å². The fourth-order valence-corrected chi connectivity index (χ4v) is 2.83. The van der Waals surface area contributed by atoms with E-state index in [0.717, 1.165) is 43.5 Å². The van der Waals surface area contributed by atoms with Gasteiger partial charge in [0.2, 0.25) is 12.4 Å². The summed E-state index contributed by atoms with van der Waals surface area (Å²) in [5, 5.41) is 3.38. The Morgan fingerprint density at radius 1 is 1.12 bits per heavy atom. The number of amides is 1. The van der Waals surface area contributed by atoms with Crippen LogP contribution >= 0.6 is 0 Å². The molecule has 6 nitrogen and oxygen atoms in total. The third kappa shape index (κ3) is 4.01. The van der Waals surface area contributed by atoms with E-state index in [4.69, 9.17) is 0 Å². The Balaban J connectivity index is 1.68. The van der Waals surface area contributed by atoms with Crippen LogP contribution in [0, 0.1) is 13.8 Å².